The summed E-state index contributed by atoms with van der Waals surface area (Å²) in [6, 6.07) is 11.9. The van der Waals surface area contributed by atoms with E-state index in [0.717, 1.165) is 39.5 Å². The van der Waals surface area contributed by atoms with E-state index in [1.165, 1.54) is 0 Å². The summed E-state index contributed by atoms with van der Waals surface area (Å²) in [6.45, 7) is 5.79. The van der Waals surface area contributed by atoms with E-state index in [9.17, 15) is 4.79 Å². The first-order valence-electron chi connectivity index (χ1n) is 10.1. The lowest BCUT2D eigenvalue weighted by molar-refractivity contribution is -0.136. The molecule has 4 rings (SSSR count). The molecular weight excluding hydrogens is 366 g/mol. The Morgan fingerprint density at radius 3 is 2.97 bits per heavy atom. The Balaban J connectivity index is 1.43. The standard InChI is InChI=1S/C23H27N3O3/c1-4-26(11-10-21-24-19-7-5-6-15(2)22(19)25-21)23(27)17-12-16-13-18(28-3)8-9-20(16)29-14-17/h5-9,13,17H,4,10-12,14H2,1-3H3,(H,24,25)/t17-/m1/s1. The highest BCUT2D eigenvalue weighted by molar-refractivity contribution is 5.80. The van der Waals surface area contributed by atoms with Crippen molar-refractivity contribution in [1.82, 2.24) is 14.9 Å². The van der Waals surface area contributed by atoms with Crippen molar-refractivity contribution in [2.24, 2.45) is 5.92 Å². The number of benzene rings is 2. The van der Waals surface area contributed by atoms with Gasteiger partial charge in [-0.1, -0.05) is 12.1 Å². The summed E-state index contributed by atoms with van der Waals surface area (Å²) in [7, 11) is 1.65. The number of H-pyrrole nitrogens is 1. The van der Waals surface area contributed by atoms with E-state index in [-0.39, 0.29) is 11.8 Å². The van der Waals surface area contributed by atoms with Gasteiger partial charge < -0.3 is 19.4 Å². The van der Waals surface area contributed by atoms with Gasteiger partial charge in [0.25, 0.3) is 0 Å². The highest BCUT2D eigenvalue weighted by Crippen LogP contribution is 2.31. The Kier molecular flexibility index (Phi) is 5.43. The lowest BCUT2D eigenvalue weighted by Crippen LogP contribution is -2.41. The molecule has 0 saturated heterocycles. The molecule has 1 amide bonds. The average molecular weight is 393 g/mol. The lowest BCUT2D eigenvalue weighted by atomic mass is 9.95. The summed E-state index contributed by atoms with van der Waals surface area (Å²) in [5.74, 6) is 2.50. The van der Waals surface area contributed by atoms with Crippen LogP contribution in [0.5, 0.6) is 11.5 Å². The normalized spacial score (nSPS) is 15.6. The molecule has 1 aliphatic rings. The molecule has 1 aromatic heterocycles. The molecule has 0 saturated carbocycles. The molecule has 0 aliphatic carbocycles. The SMILES string of the molecule is CCN(CCc1nc2c(C)cccc2[nH]1)C(=O)[C@H]1COc2ccc(OC)cc2C1. The molecule has 0 radical (unpaired) electrons. The molecule has 1 atom stereocenters. The first-order valence-corrected chi connectivity index (χ1v) is 10.1. The molecule has 2 heterocycles. The number of ether oxygens (including phenoxy) is 2. The maximum Gasteiger partial charge on any atom is 0.229 e. The minimum Gasteiger partial charge on any atom is -0.497 e. The number of likely N-dealkylation sites (N-methyl/N-ethyl adjacent to an activating group) is 1. The third kappa shape index (κ3) is 3.92. The van der Waals surface area contributed by atoms with Gasteiger partial charge in [-0.25, -0.2) is 4.98 Å². The second kappa shape index (κ2) is 8.15. The van der Waals surface area contributed by atoms with Crippen LogP contribution in [0.15, 0.2) is 36.4 Å². The van der Waals surface area contributed by atoms with Gasteiger partial charge in [0.1, 0.15) is 23.9 Å². The number of carbonyl (C=O) groups is 1. The van der Waals surface area contributed by atoms with Crippen molar-refractivity contribution in [1.29, 1.82) is 0 Å². The largest absolute Gasteiger partial charge is 0.497 e. The van der Waals surface area contributed by atoms with E-state index in [2.05, 4.69) is 18.0 Å². The molecule has 3 aromatic rings. The third-order valence-electron chi connectivity index (χ3n) is 5.60. The van der Waals surface area contributed by atoms with E-state index < -0.39 is 0 Å². The number of nitrogens with one attached hydrogen (secondary N) is 1. The smallest absolute Gasteiger partial charge is 0.229 e. The van der Waals surface area contributed by atoms with Crippen LogP contribution in [0.3, 0.4) is 0 Å². The Morgan fingerprint density at radius 1 is 1.34 bits per heavy atom. The summed E-state index contributed by atoms with van der Waals surface area (Å²) in [6.07, 6.45) is 1.37. The molecule has 6 nitrogen and oxygen atoms in total. The van der Waals surface area contributed by atoms with Crippen molar-refractivity contribution in [2.45, 2.75) is 26.7 Å². The molecule has 2 aromatic carbocycles. The van der Waals surface area contributed by atoms with Gasteiger partial charge in [0.15, 0.2) is 0 Å². The zero-order valence-corrected chi connectivity index (χ0v) is 17.2. The third-order valence-corrected chi connectivity index (χ3v) is 5.60. The average Bonchev–Trinajstić information content (AvgIpc) is 3.17. The van der Waals surface area contributed by atoms with E-state index >= 15 is 0 Å². The fourth-order valence-corrected chi connectivity index (χ4v) is 3.92. The first-order chi connectivity index (χ1) is 14.1. The maximum absolute atomic E-state index is 13.1. The number of hydrogen-bond donors (Lipinski definition) is 1. The molecule has 6 heteroatoms. The van der Waals surface area contributed by atoms with Gasteiger partial charge in [0.05, 0.1) is 24.1 Å². The Labute approximate surface area is 170 Å². The van der Waals surface area contributed by atoms with Crippen LogP contribution in [-0.2, 0) is 17.6 Å². The molecule has 29 heavy (non-hydrogen) atoms. The van der Waals surface area contributed by atoms with Crippen molar-refractivity contribution in [2.75, 3.05) is 26.8 Å². The maximum atomic E-state index is 13.1. The molecule has 152 valence electrons. The van der Waals surface area contributed by atoms with Crippen LogP contribution in [0.1, 0.15) is 23.9 Å². The van der Waals surface area contributed by atoms with Crippen LogP contribution >= 0.6 is 0 Å². The Hall–Kier alpha value is -3.02. The van der Waals surface area contributed by atoms with Gasteiger partial charge in [0.2, 0.25) is 5.91 Å². The van der Waals surface area contributed by atoms with Gasteiger partial charge >= 0.3 is 0 Å². The van der Waals surface area contributed by atoms with E-state index in [0.29, 0.717) is 32.5 Å². The lowest BCUT2D eigenvalue weighted by Gasteiger charge is -2.30. The second-order valence-electron chi connectivity index (χ2n) is 7.51. The monoisotopic (exact) mass is 393 g/mol. The molecule has 0 spiro atoms. The van der Waals surface area contributed by atoms with Crippen LogP contribution < -0.4 is 9.47 Å². The molecule has 0 unspecified atom stereocenters. The van der Waals surface area contributed by atoms with Crippen molar-refractivity contribution in [3.8, 4) is 11.5 Å². The highest BCUT2D eigenvalue weighted by Gasteiger charge is 2.29. The summed E-state index contributed by atoms with van der Waals surface area (Å²) < 4.78 is 11.1. The van der Waals surface area contributed by atoms with Crippen molar-refractivity contribution in [3.05, 3.63) is 53.3 Å². The van der Waals surface area contributed by atoms with Crippen LogP contribution in [0, 0.1) is 12.8 Å². The number of methoxy groups -OCH3 is 1. The fraction of sp³-hybridized carbons (Fsp3) is 0.391. The highest BCUT2D eigenvalue weighted by atomic mass is 16.5. The van der Waals surface area contributed by atoms with Crippen LogP contribution in [0.2, 0.25) is 0 Å². The fourth-order valence-electron chi connectivity index (χ4n) is 3.92. The van der Waals surface area contributed by atoms with Gasteiger partial charge in [-0.2, -0.15) is 0 Å². The van der Waals surface area contributed by atoms with Crippen molar-refractivity contribution >= 4 is 16.9 Å². The topological polar surface area (TPSA) is 67.5 Å². The number of fused-ring (bicyclic) bond motifs is 2. The number of carbonyl (C=O) groups excluding carboxylic acids is 1. The molecule has 1 N–H and O–H groups in total. The molecule has 1 aliphatic heterocycles. The number of rotatable bonds is 6. The predicted molar refractivity (Wildman–Crippen MR) is 112 cm³/mol. The van der Waals surface area contributed by atoms with Crippen molar-refractivity contribution in [3.63, 3.8) is 0 Å². The van der Waals surface area contributed by atoms with E-state index in [1.54, 1.807) is 7.11 Å². The minimum atomic E-state index is -0.174. The van der Waals surface area contributed by atoms with Gasteiger partial charge in [-0.05, 0) is 55.7 Å². The van der Waals surface area contributed by atoms with Gasteiger partial charge in [0, 0.05) is 19.5 Å². The van der Waals surface area contributed by atoms with Crippen LogP contribution in [0.25, 0.3) is 11.0 Å². The number of hydrogen-bond acceptors (Lipinski definition) is 4. The Morgan fingerprint density at radius 2 is 2.21 bits per heavy atom. The van der Waals surface area contributed by atoms with E-state index in [4.69, 9.17) is 14.5 Å². The zero-order chi connectivity index (χ0) is 20.4. The summed E-state index contributed by atoms with van der Waals surface area (Å²) in [4.78, 5) is 23.1. The Bertz CT molecular complexity index is 1030. The quantitative estimate of drug-likeness (QED) is 0.696. The zero-order valence-electron chi connectivity index (χ0n) is 17.2. The minimum absolute atomic E-state index is 0.133. The first kappa shape index (κ1) is 19.3. The number of aryl methyl sites for hydroxylation is 1. The van der Waals surface area contributed by atoms with Crippen LogP contribution in [0.4, 0.5) is 0 Å². The molecule has 0 bridgehead atoms. The predicted octanol–water partition coefficient (Wildman–Crippen LogP) is 3.52. The van der Waals surface area contributed by atoms with E-state index in [1.807, 2.05) is 42.2 Å². The number of aromatic amines is 1. The van der Waals surface area contributed by atoms with Gasteiger partial charge in [-0.3, -0.25) is 4.79 Å². The molecule has 0 fully saturated rings. The summed E-state index contributed by atoms with van der Waals surface area (Å²) in [5, 5.41) is 0. The van der Waals surface area contributed by atoms with Gasteiger partial charge in [-0.15, -0.1) is 0 Å². The second-order valence-corrected chi connectivity index (χ2v) is 7.51. The van der Waals surface area contributed by atoms with Crippen LogP contribution in [-0.4, -0.2) is 47.6 Å². The number of nitrogens with zero attached hydrogens (tertiary/aromatic N) is 2. The number of imidazole rings is 1. The summed E-state index contributed by atoms with van der Waals surface area (Å²) in [5.41, 5.74) is 4.23. The number of aromatic nitrogens is 2. The molecular formula is C23H27N3O3. The number of para-hydroxylation sites is 1. The number of amides is 1. The van der Waals surface area contributed by atoms with Crippen molar-refractivity contribution < 1.29 is 14.3 Å². The summed E-state index contributed by atoms with van der Waals surface area (Å²) >= 11 is 0.